The van der Waals surface area contributed by atoms with Crippen LogP contribution in [0.15, 0.2) is 48.7 Å². The van der Waals surface area contributed by atoms with E-state index in [1.165, 1.54) is 21.3 Å². The van der Waals surface area contributed by atoms with Crippen molar-refractivity contribution < 1.29 is 23.7 Å². The largest absolute Gasteiger partial charge is 0.493 e. The number of ketones is 1. The molecule has 5 rings (SSSR count). The lowest BCUT2D eigenvalue weighted by Crippen LogP contribution is -2.04. The van der Waals surface area contributed by atoms with Crippen molar-refractivity contribution in [2.24, 2.45) is 0 Å². The summed E-state index contributed by atoms with van der Waals surface area (Å²) < 4.78 is 21.3. The number of pyridine rings is 1. The molecule has 0 spiro atoms. The first-order valence-electron chi connectivity index (χ1n) is 10.4. The third kappa shape index (κ3) is 3.47. The monoisotopic (exact) mass is 458 g/mol. The van der Waals surface area contributed by atoms with Gasteiger partial charge in [0.15, 0.2) is 22.9 Å². The average molecular weight is 458 g/mol. The zero-order chi connectivity index (χ0) is 23.8. The van der Waals surface area contributed by atoms with Gasteiger partial charge in [0.2, 0.25) is 11.6 Å². The number of aromatic nitrogens is 4. The molecule has 0 aliphatic heterocycles. The quantitative estimate of drug-likeness (QED) is 0.348. The summed E-state index contributed by atoms with van der Waals surface area (Å²) in [4.78, 5) is 28.9. The SMILES string of the molecule is COc1ccc2[nH]c(-c3c[nH]c4ccc(C(=O)c5cc(OC)c(OC)c(OC)c5)cc34)nc2n1. The van der Waals surface area contributed by atoms with Crippen LogP contribution >= 0.6 is 0 Å². The number of H-pyrrole nitrogens is 2. The van der Waals surface area contributed by atoms with Crippen LogP contribution in [0.5, 0.6) is 23.1 Å². The minimum atomic E-state index is -0.177. The number of carbonyl (C=O) groups excluding carboxylic acids is 1. The van der Waals surface area contributed by atoms with Gasteiger partial charge in [-0.15, -0.1) is 0 Å². The maximum absolute atomic E-state index is 13.4. The highest BCUT2D eigenvalue weighted by Crippen LogP contribution is 2.39. The second kappa shape index (κ2) is 8.43. The molecule has 3 heterocycles. The summed E-state index contributed by atoms with van der Waals surface area (Å²) in [6.07, 6.45) is 1.85. The van der Waals surface area contributed by atoms with Crippen LogP contribution in [-0.2, 0) is 0 Å². The Morgan fingerprint density at radius 3 is 2.21 bits per heavy atom. The summed E-state index contributed by atoms with van der Waals surface area (Å²) in [6.45, 7) is 0. The molecule has 0 saturated carbocycles. The molecule has 0 fully saturated rings. The predicted octanol–water partition coefficient (Wildman–Crippen LogP) is 4.37. The van der Waals surface area contributed by atoms with Crippen LogP contribution in [0.2, 0.25) is 0 Å². The van der Waals surface area contributed by atoms with Crippen molar-refractivity contribution in [3.63, 3.8) is 0 Å². The number of benzene rings is 2. The first kappa shape index (κ1) is 21.3. The topological polar surface area (TPSA) is 111 Å². The molecule has 0 amide bonds. The molecule has 34 heavy (non-hydrogen) atoms. The van der Waals surface area contributed by atoms with E-state index in [0.717, 1.165) is 22.0 Å². The molecule has 0 unspecified atom stereocenters. The average Bonchev–Trinajstić information content (AvgIpc) is 3.49. The highest BCUT2D eigenvalue weighted by molar-refractivity contribution is 6.12. The maximum Gasteiger partial charge on any atom is 0.215 e. The lowest BCUT2D eigenvalue weighted by molar-refractivity contribution is 0.103. The van der Waals surface area contributed by atoms with Gasteiger partial charge in [0.1, 0.15) is 5.82 Å². The van der Waals surface area contributed by atoms with Gasteiger partial charge < -0.3 is 28.9 Å². The maximum atomic E-state index is 13.4. The Morgan fingerprint density at radius 2 is 1.53 bits per heavy atom. The second-order valence-corrected chi connectivity index (χ2v) is 7.52. The molecule has 9 heteroatoms. The van der Waals surface area contributed by atoms with Gasteiger partial charge in [-0.25, -0.2) is 4.98 Å². The van der Waals surface area contributed by atoms with E-state index < -0.39 is 0 Å². The first-order chi connectivity index (χ1) is 16.6. The van der Waals surface area contributed by atoms with Gasteiger partial charge in [-0.05, 0) is 36.4 Å². The lowest BCUT2D eigenvalue weighted by atomic mass is 10.00. The number of rotatable bonds is 7. The molecular weight excluding hydrogens is 436 g/mol. The van der Waals surface area contributed by atoms with Crippen LogP contribution in [0.3, 0.4) is 0 Å². The molecule has 5 aromatic rings. The Labute approximate surface area is 194 Å². The van der Waals surface area contributed by atoms with E-state index >= 15 is 0 Å². The number of fused-ring (bicyclic) bond motifs is 2. The number of ether oxygens (including phenoxy) is 4. The fraction of sp³-hybridized carbons (Fsp3) is 0.160. The van der Waals surface area contributed by atoms with Gasteiger partial charge in [0.05, 0.1) is 34.0 Å². The molecule has 9 nitrogen and oxygen atoms in total. The van der Waals surface area contributed by atoms with Crippen molar-refractivity contribution >= 4 is 27.9 Å². The molecule has 0 radical (unpaired) electrons. The number of methoxy groups -OCH3 is 4. The molecule has 0 bridgehead atoms. The summed E-state index contributed by atoms with van der Waals surface area (Å²) in [5, 5.41) is 0.851. The van der Waals surface area contributed by atoms with E-state index in [0.29, 0.717) is 45.7 Å². The van der Waals surface area contributed by atoms with Crippen molar-refractivity contribution in [2.75, 3.05) is 28.4 Å². The molecule has 3 aromatic heterocycles. The number of hydrogen-bond donors (Lipinski definition) is 2. The molecule has 0 aliphatic carbocycles. The normalized spacial score (nSPS) is 11.1. The highest BCUT2D eigenvalue weighted by atomic mass is 16.5. The Bertz CT molecular complexity index is 1510. The summed E-state index contributed by atoms with van der Waals surface area (Å²) in [7, 11) is 6.11. The molecule has 172 valence electrons. The van der Waals surface area contributed by atoms with Crippen LogP contribution in [-0.4, -0.2) is 54.2 Å². The Balaban J connectivity index is 1.58. The van der Waals surface area contributed by atoms with Gasteiger partial charge in [-0.3, -0.25) is 4.79 Å². The molecule has 2 aromatic carbocycles. The summed E-state index contributed by atoms with van der Waals surface area (Å²) in [6, 6.07) is 12.4. The van der Waals surface area contributed by atoms with Crippen LogP contribution in [0.1, 0.15) is 15.9 Å². The van der Waals surface area contributed by atoms with Crippen molar-refractivity contribution in [2.45, 2.75) is 0 Å². The van der Waals surface area contributed by atoms with Crippen molar-refractivity contribution in [3.05, 3.63) is 59.8 Å². The third-order valence-corrected chi connectivity index (χ3v) is 5.66. The Kier molecular flexibility index (Phi) is 5.29. The number of aromatic amines is 2. The minimum absolute atomic E-state index is 0.177. The van der Waals surface area contributed by atoms with E-state index in [-0.39, 0.29) is 5.78 Å². The third-order valence-electron chi connectivity index (χ3n) is 5.66. The zero-order valence-corrected chi connectivity index (χ0v) is 19.1. The number of nitrogens with one attached hydrogen (secondary N) is 2. The second-order valence-electron chi connectivity index (χ2n) is 7.52. The molecule has 0 atom stereocenters. The molecular formula is C25H22N4O5. The van der Waals surface area contributed by atoms with Gasteiger partial charge in [0.25, 0.3) is 0 Å². The number of nitrogens with zero attached hydrogens (tertiary/aromatic N) is 2. The first-order valence-corrected chi connectivity index (χ1v) is 10.4. The van der Waals surface area contributed by atoms with Crippen molar-refractivity contribution in [1.29, 1.82) is 0 Å². The van der Waals surface area contributed by atoms with Crippen molar-refractivity contribution in [3.8, 4) is 34.5 Å². The Hall–Kier alpha value is -4.53. The van der Waals surface area contributed by atoms with Crippen molar-refractivity contribution in [1.82, 2.24) is 19.9 Å². The molecule has 0 saturated heterocycles. The van der Waals surface area contributed by atoms with E-state index in [9.17, 15) is 4.79 Å². The van der Waals surface area contributed by atoms with Crippen LogP contribution in [0.4, 0.5) is 0 Å². The fourth-order valence-corrected chi connectivity index (χ4v) is 3.95. The number of carbonyl (C=O) groups is 1. The predicted molar refractivity (Wildman–Crippen MR) is 127 cm³/mol. The van der Waals surface area contributed by atoms with E-state index in [2.05, 4.69) is 19.9 Å². The van der Waals surface area contributed by atoms with Crippen LogP contribution < -0.4 is 18.9 Å². The number of hydrogen-bond acceptors (Lipinski definition) is 7. The zero-order valence-electron chi connectivity index (χ0n) is 19.1. The number of imidazole rings is 1. The smallest absolute Gasteiger partial charge is 0.215 e. The standard InChI is InChI=1S/C25H22N4O5/c1-31-19-10-14(11-20(32-2)23(19)34-4)22(30)13-5-6-17-15(9-13)16(12-26-17)24-27-18-7-8-21(33-3)28-25(18)29-24/h5-12,26H,1-4H3,(H,27,28,29). The van der Waals surface area contributed by atoms with E-state index in [1.807, 2.05) is 24.4 Å². The lowest BCUT2D eigenvalue weighted by Gasteiger charge is -2.13. The van der Waals surface area contributed by atoms with Gasteiger partial charge in [-0.1, -0.05) is 0 Å². The minimum Gasteiger partial charge on any atom is -0.493 e. The van der Waals surface area contributed by atoms with Crippen LogP contribution in [0, 0.1) is 0 Å². The van der Waals surface area contributed by atoms with Gasteiger partial charge in [0, 0.05) is 39.9 Å². The summed E-state index contributed by atoms with van der Waals surface area (Å²) in [5.74, 6) is 2.21. The Morgan fingerprint density at radius 1 is 0.794 bits per heavy atom. The highest BCUT2D eigenvalue weighted by Gasteiger charge is 2.19. The van der Waals surface area contributed by atoms with Crippen LogP contribution in [0.25, 0.3) is 33.5 Å². The molecule has 2 N–H and O–H groups in total. The fourth-order valence-electron chi connectivity index (χ4n) is 3.95. The molecule has 0 aliphatic rings. The summed E-state index contributed by atoms with van der Waals surface area (Å²) in [5.41, 5.74) is 3.97. The van der Waals surface area contributed by atoms with E-state index in [4.69, 9.17) is 18.9 Å². The van der Waals surface area contributed by atoms with E-state index in [1.54, 1.807) is 31.4 Å². The van der Waals surface area contributed by atoms with Gasteiger partial charge in [-0.2, -0.15) is 4.98 Å². The van der Waals surface area contributed by atoms with Gasteiger partial charge >= 0.3 is 0 Å². The summed E-state index contributed by atoms with van der Waals surface area (Å²) >= 11 is 0.